The molecule has 0 radical (unpaired) electrons. The molecule has 0 heterocycles. The molecule has 0 spiro atoms. The van der Waals surface area contributed by atoms with Crippen molar-refractivity contribution >= 4 is 29.1 Å². The Morgan fingerprint density at radius 2 is 1.91 bits per heavy atom. The number of carbonyl (C=O) groups is 1. The molecule has 0 fully saturated rings. The summed E-state index contributed by atoms with van der Waals surface area (Å²) < 4.78 is 5.53. The lowest BCUT2D eigenvalue weighted by molar-refractivity contribution is -0.120. The monoisotopic (exact) mass is 337 g/mol. The summed E-state index contributed by atoms with van der Waals surface area (Å²) in [5, 5.41) is 3.82. The Bertz CT molecular complexity index is 659. The zero-order valence-electron chi connectivity index (χ0n) is 12.2. The lowest BCUT2D eigenvalue weighted by atomic mass is 10.1. The third-order valence-electron chi connectivity index (χ3n) is 3.10. The van der Waals surface area contributed by atoms with Crippen molar-refractivity contribution < 1.29 is 9.53 Å². The number of rotatable bonds is 6. The molecule has 0 atom stereocenters. The van der Waals surface area contributed by atoms with E-state index in [0.717, 1.165) is 16.9 Å². The highest BCUT2D eigenvalue weighted by molar-refractivity contribution is 6.42. The largest absolute Gasteiger partial charge is 0.494 e. The molecule has 2 rings (SSSR count). The van der Waals surface area contributed by atoms with Gasteiger partial charge in [0.05, 0.1) is 23.1 Å². The normalized spacial score (nSPS) is 10.3. The number of halogens is 2. The number of para-hydroxylation sites is 1. The number of carbonyl (C=O) groups excluding carboxylic acids is 1. The molecule has 0 bridgehead atoms. The molecule has 3 nitrogen and oxygen atoms in total. The molecule has 0 unspecified atom stereocenters. The van der Waals surface area contributed by atoms with E-state index < -0.39 is 0 Å². The number of benzene rings is 2. The molecular formula is C17H17Cl2NO2. The second kappa shape index (κ2) is 8.06. The molecule has 1 amide bonds. The molecule has 5 heteroatoms. The maximum atomic E-state index is 12.0. The number of ether oxygens (including phenoxy) is 1. The molecule has 2 aromatic carbocycles. The van der Waals surface area contributed by atoms with Crippen LogP contribution in [0.15, 0.2) is 42.5 Å². The fraction of sp³-hybridized carbons (Fsp3) is 0.235. The zero-order valence-corrected chi connectivity index (χ0v) is 13.7. The van der Waals surface area contributed by atoms with Crippen LogP contribution in [-0.4, -0.2) is 12.5 Å². The van der Waals surface area contributed by atoms with Crippen molar-refractivity contribution in [3.8, 4) is 5.75 Å². The molecule has 22 heavy (non-hydrogen) atoms. The van der Waals surface area contributed by atoms with Gasteiger partial charge in [-0.05, 0) is 30.7 Å². The minimum absolute atomic E-state index is 0.0790. The zero-order chi connectivity index (χ0) is 15.9. The van der Waals surface area contributed by atoms with Crippen molar-refractivity contribution in [1.29, 1.82) is 0 Å². The minimum atomic E-state index is -0.0790. The Morgan fingerprint density at radius 1 is 1.14 bits per heavy atom. The molecule has 0 aliphatic carbocycles. The van der Waals surface area contributed by atoms with Gasteiger partial charge in [0.2, 0.25) is 5.91 Å². The molecule has 0 aromatic heterocycles. The lowest BCUT2D eigenvalue weighted by Crippen LogP contribution is -2.24. The number of nitrogens with one attached hydrogen (secondary N) is 1. The highest BCUT2D eigenvalue weighted by Crippen LogP contribution is 2.23. The smallest absolute Gasteiger partial charge is 0.224 e. The van der Waals surface area contributed by atoms with Crippen LogP contribution < -0.4 is 10.1 Å². The third kappa shape index (κ3) is 4.65. The predicted octanol–water partition coefficient (Wildman–Crippen LogP) is 4.25. The summed E-state index contributed by atoms with van der Waals surface area (Å²) >= 11 is 11.8. The van der Waals surface area contributed by atoms with Crippen LogP contribution in [0.1, 0.15) is 18.1 Å². The van der Waals surface area contributed by atoms with E-state index in [9.17, 15) is 4.79 Å². The summed E-state index contributed by atoms with van der Waals surface area (Å²) in [6, 6.07) is 12.8. The second-order valence-corrected chi connectivity index (χ2v) is 5.56. The lowest BCUT2D eigenvalue weighted by Gasteiger charge is -2.11. The Morgan fingerprint density at radius 3 is 2.64 bits per heavy atom. The van der Waals surface area contributed by atoms with Crippen molar-refractivity contribution in [2.24, 2.45) is 0 Å². The second-order valence-electron chi connectivity index (χ2n) is 4.74. The molecular weight excluding hydrogens is 321 g/mol. The first-order valence-electron chi connectivity index (χ1n) is 7.01. The van der Waals surface area contributed by atoms with Crippen molar-refractivity contribution in [3.63, 3.8) is 0 Å². The summed E-state index contributed by atoms with van der Waals surface area (Å²) in [4.78, 5) is 12.0. The Labute approximate surface area is 140 Å². The van der Waals surface area contributed by atoms with Gasteiger partial charge < -0.3 is 10.1 Å². The van der Waals surface area contributed by atoms with Crippen LogP contribution in [0.4, 0.5) is 0 Å². The van der Waals surface area contributed by atoms with E-state index in [4.69, 9.17) is 27.9 Å². The number of amides is 1. The molecule has 2 aromatic rings. The van der Waals surface area contributed by atoms with Gasteiger partial charge >= 0.3 is 0 Å². The van der Waals surface area contributed by atoms with Crippen LogP contribution in [0.3, 0.4) is 0 Å². The van der Waals surface area contributed by atoms with E-state index >= 15 is 0 Å². The summed E-state index contributed by atoms with van der Waals surface area (Å²) in [5.41, 5.74) is 1.77. The van der Waals surface area contributed by atoms with Crippen LogP contribution in [-0.2, 0) is 17.8 Å². The van der Waals surface area contributed by atoms with E-state index in [2.05, 4.69) is 5.32 Å². The van der Waals surface area contributed by atoms with Crippen molar-refractivity contribution in [2.75, 3.05) is 6.61 Å². The van der Waals surface area contributed by atoms with Crippen molar-refractivity contribution in [3.05, 3.63) is 63.6 Å². The Kier molecular flexibility index (Phi) is 6.10. The minimum Gasteiger partial charge on any atom is -0.494 e. The van der Waals surface area contributed by atoms with Crippen LogP contribution in [0.2, 0.25) is 10.0 Å². The highest BCUT2D eigenvalue weighted by atomic mass is 35.5. The van der Waals surface area contributed by atoms with Gasteiger partial charge in [0.1, 0.15) is 5.75 Å². The van der Waals surface area contributed by atoms with Crippen molar-refractivity contribution in [1.82, 2.24) is 5.32 Å². The molecule has 0 saturated carbocycles. The summed E-state index contributed by atoms with van der Waals surface area (Å²) in [6.45, 7) is 2.95. The van der Waals surface area contributed by atoms with E-state index in [-0.39, 0.29) is 12.3 Å². The molecule has 0 aliphatic rings. The Hall–Kier alpha value is -1.71. The summed E-state index contributed by atoms with van der Waals surface area (Å²) in [6.07, 6.45) is 0.258. The standard InChI is InChI=1S/C17H17Cl2NO2/c1-2-22-16-6-4-3-5-13(16)11-20-17(21)10-12-7-8-14(18)15(19)9-12/h3-9H,2,10-11H2,1H3,(H,20,21). The predicted molar refractivity (Wildman–Crippen MR) is 89.6 cm³/mol. The first-order valence-corrected chi connectivity index (χ1v) is 7.77. The SMILES string of the molecule is CCOc1ccccc1CNC(=O)Cc1ccc(Cl)c(Cl)c1. The molecule has 0 aliphatic heterocycles. The van der Waals surface area contributed by atoms with Crippen LogP contribution >= 0.6 is 23.2 Å². The van der Waals surface area contributed by atoms with Crippen LogP contribution in [0.25, 0.3) is 0 Å². The summed E-state index contributed by atoms with van der Waals surface area (Å²) in [7, 11) is 0. The summed E-state index contributed by atoms with van der Waals surface area (Å²) in [5.74, 6) is 0.713. The maximum absolute atomic E-state index is 12.0. The fourth-order valence-corrected chi connectivity index (χ4v) is 2.36. The van der Waals surface area contributed by atoms with Crippen LogP contribution in [0.5, 0.6) is 5.75 Å². The molecule has 116 valence electrons. The topological polar surface area (TPSA) is 38.3 Å². The number of hydrogen-bond donors (Lipinski definition) is 1. The van der Waals surface area contributed by atoms with Gasteiger partial charge in [-0.15, -0.1) is 0 Å². The van der Waals surface area contributed by atoms with Gasteiger partial charge in [0, 0.05) is 12.1 Å². The first kappa shape index (κ1) is 16.7. The van der Waals surface area contributed by atoms with Crippen LogP contribution in [0, 0.1) is 0 Å². The van der Waals surface area contributed by atoms with Gasteiger partial charge in [-0.25, -0.2) is 0 Å². The fourth-order valence-electron chi connectivity index (χ4n) is 2.04. The quantitative estimate of drug-likeness (QED) is 0.855. The highest BCUT2D eigenvalue weighted by Gasteiger charge is 2.08. The maximum Gasteiger partial charge on any atom is 0.224 e. The third-order valence-corrected chi connectivity index (χ3v) is 3.84. The van der Waals surface area contributed by atoms with Gasteiger partial charge in [-0.2, -0.15) is 0 Å². The van der Waals surface area contributed by atoms with Crippen molar-refractivity contribution in [2.45, 2.75) is 19.9 Å². The average molecular weight is 338 g/mol. The number of hydrogen-bond acceptors (Lipinski definition) is 2. The van der Waals surface area contributed by atoms with Gasteiger partial charge in [0.25, 0.3) is 0 Å². The van der Waals surface area contributed by atoms with E-state index in [1.165, 1.54) is 0 Å². The molecule has 1 N–H and O–H groups in total. The average Bonchev–Trinajstić information content (AvgIpc) is 2.50. The van der Waals surface area contributed by atoms with Gasteiger partial charge in [0.15, 0.2) is 0 Å². The van der Waals surface area contributed by atoms with E-state index in [1.807, 2.05) is 31.2 Å². The van der Waals surface area contributed by atoms with Gasteiger partial charge in [-0.3, -0.25) is 4.79 Å². The molecule has 0 saturated heterocycles. The Balaban J connectivity index is 1.94. The van der Waals surface area contributed by atoms with E-state index in [0.29, 0.717) is 23.2 Å². The van der Waals surface area contributed by atoms with Gasteiger partial charge in [-0.1, -0.05) is 47.5 Å². The first-order chi connectivity index (χ1) is 10.6. The van der Waals surface area contributed by atoms with E-state index in [1.54, 1.807) is 18.2 Å².